The number of hydrogen-bond donors (Lipinski definition) is 3. The Morgan fingerprint density at radius 2 is 1.65 bits per heavy atom. The maximum Gasteiger partial charge on any atom is 0.323 e. The van der Waals surface area contributed by atoms with Gasteiger partial charge in [-0.3, -0.25) is 9.59 Å². The fraction of sp³-hybridized carbons (Fsp3) is 0.174. The zero-order valence-electron chi connectivity index (χ0n) is 17.6. The van der Waals surface area contributed by atoms with Crippen LogP contribution in [0.2, 0.25) is 0 Å². The SMILES string of the molecule is COc1ccc(NC(=O)Cn2c(C)ccc(NC(=O)Nc3cccc(C)c3)c2=O)cc1. The van der Waals surface area contributed by atoms with Crippen LogP contribution in [0.15, 0.2) is 65.5 Å². The van der Waals surface area contributed by atoms with Gasteiger partial charge < -0.3 is 25.3 Å². The molecule has 0 fully saturated rings. The highest BCUT2D eigenvalue weighted by atomic mass is 16.5. The lowest BCUT2D eigenvalue weighted by Crippen LogP contribution is -2.32. The second-order valence-electron chi connectivity index (χ2n) is 7.00. The highest BCUT2D eigenvalue weighted by Crippen LogP contribution is 2.15. The summed E-state index contributed by atoms with van der Waals surface area (Å²) in [7, 11) is 1.56. The van der Waals surface area contributed by atoms with Crippen LogP contribution in [-0.4, -0.2) is 23.6 Å². The summed E-state index contributed by atoms with van der Waals surface area (Å²) in [6.07, 6.45) is 0. The fourth-order valence-electron chi connectivity index (χ4n) is 2.99. The zero-order chi connectivity index (χ0) is 22.4. The molecule has 0 unspecified atom stereocenters. The number of methoxy groups -OCH3 is 1. The molecule has 0 radical (unpaired) electrons. The van der Waals surface area contributed by atoms with Crippen LogP contribution >= 0.6 is 0 Å². The van der Waals surface area contributed by atoms with Crippen molar-refractivity contribution in [3.05, 3.63) is 82.3 Å². The lowest BCUT2D eigenvalue weighted by molar-refractivity contribution is -0.116. The molecule has 0 aliphatic rings. The molecule has 1 aromatic heterocycles. The molecule has 160 valence electrons. The molecule has 0 spiro atoms. The van der Waals surface area contributed by atoms with Gasteiger partial charge in [-0.15, -0.1) is 0 Å². The Hall–Kier alpha value is -4.07. The number of amides is 3. The summed E-state index contributed by atoms with van der Waals surface area (Å²) in [6.45, 7) is 3.45. The van der Waals surface area contributed by atoms with Gasteiger partial charge in [0.1, 0.15) is 18.0 Å². The summed E-state index contributed by atoms with van der Waals surface area (Å²) in [5.41, 5.74) is 2.40. The van der Waals surface area contributed by atoms with E-state index in [9.17, 15) is 14.4 Å². The number of hydrogen-bond acceptors (Lipinski definition) is 4. The van der Waals surface area contributed by atoms with Crippen LogP contribution in [0.5, 0.6) is 5.75 Å². The Balaban J connectivity index is 1.70. The molecule has 0 saturated heterocycles. The van der Waals surface area contributed by atoms with Crippen LogP contribution in [0.25, 0.3) is 0 Å². The van der Waals surface area contributed by atoms with Gasteiger partial charge in [0.2, 0.25) is 5.91 Å². The number of urea groups is 1. The van der Waals surface area contributed by atoms with Crippen molar-refractivity contribution in [2.45, 2.75) is 20.4 Å². The second kappa shape index (κ2) is 9.62. The molecule has 0 saturated carbocycles. The topological polar surface area (TPSA) is 101 Å². The number of carbonyl (C=O) groups is 2. The minimum absolute atomic E-state index is 0.0769. The van der Waals surface area contributed by atoms with Crippen LogP contribution in [-0.2, 0) is 11.3 Å². The summed E-state index contributed by atoms with van der Waals surface area (Å²) in [6, 6.07) is 16.8. The first kappa shape index (κ1) is 21.6. The lowest BCUT2D eigenvalue weighted by atomic mass is 10.2. The summed E-state index contributed by atoms with van der Waals surface area (Å²) in [4.78, 5) is 37.6. The molecular formula is C23H24N4O4. The third-order valence-electron chi connectivity index (χ3n) is 4.59. The Kier molecular flexibility index (Phi) is 6.71. The summed E-state index contributed by atoms with van der Waals surface area (Å²) >= 11 is 0. The molecule has 1 heterocycles. The van der Waals surface area contributed by atoms with Gasteiger partial charge in [0.25, 0.3) is 5.56 Å². The highest BCUT2D eigenvalue weighted by Gasteiger charge is 2.13. The van der Waals surface area contributed by atoms with E-state index in [1.807, 2.05) is 25.1 Å². The van der Waals surface area contributed by atoms with Gasteiger partial charge in [0.15, 0.2) is 0 Å². The number of rotatable bonds is 6. The standard InChI is InChI=1S/C23H24N4O4/c1-15-5-4-6-18(13-15)25-23(30)26-20-12-7-16(2)27(22(20)29)14-21(28)24-17-8-10-19(31-3)11-9-17/h4-13H,14H2,1-3H3,(H,24,28)(H2,25,26,30). The smallest absolute Gasteiger partial charge is 0.323 e. The number of pyridine rings is 1. The molecule has 31 heavy (non-hydrogen) atoms. The Morgan fingerprint density at radius 3 is 2.32 bits per heavy atom. The molecule has 0 atom stereocenters. The van der Waals surface area contributed by atoms with Crippen LogP contribution in [0.4, 0.5) is 21.9 Å². The van der Waals surface area contributed by atoms with Crippen molar-refractivity contribution in [2.24, 2.45) is 0 Å². The predicted molar refractivity (Wildman–Crippen MR) is 121 cm³/mol. The number of anilines is 3. The van der Waals surface area contributed by atoms with Crippen LogP contribution in [0, 0.1) is 13.8 Å². The largest absolute Gasteiger partial charge is 0.497 e. The molecular weight excluding hydrogens is 396 g/mol. The molecule has 3 aromatic rings. The summed E-state index contributed by atoms with van der Waals surface area (Å²) in [5.74, 6) is 0.310. The van der Waals surface area contributed by atoms with E-state index in [2.05, 4.69) is 16.0 Å². The molecule has 0 aliphatic carbocycles. The van der Waals surface area contributed by atoms with Crippen molar-refractivity contribution in [1.29, 1.82) is 0 Å². The Labute approximate surface area is 179 Å². The molecule has 0 bridgehead atoms. The summed E-state index contributed by atoms with van der Waals surface area (Å²) in [5, 5.41) is 7.98. The monoisotopic (exact) mass is 420 g/mol. The number of nitrogens with zero attached hydrogens (tertiary/aromatic N) is 1. The first-order valence-corrected chi connectivity index (χ1v) is 9.65. The minimum atomic E-state index is -0.541. The van der Waals surface area contributed by atoms with Gasteiger partial charge in [-0.1, -0.05) is 12.1 Å². The third kappa shape index (κ3) is 5.72. The van der Waals surface area contributed by atoms with Crippen LogP contribution in [0.1, 0.15) is 11.3 Å². The van der Waals surface area contributed by atoms with Crippen molar-refractivity contribution in [3.63, 3.8) is 0 Å². The van der Waals surface area contributed by atoms with E-state index < -0.39 is 11.6 Å². The fourth-order valence-corrected chi connectivity index (χ4v) is 2.99. The van der Waals surface area contributed by atoms with Gasteiger partial charge in [-0.2, -0.15) is 0 Å². The van der Waals surface area contributed by atoms with Gasteiger partial charge in [-0.05, 0) is 67.9 Å². The molecule has 8 nitrogen and oxygen atoms in total. The molecule has 0 aliphatic heterocycles. The van der Waals surface area contributed by atoms with Crippen molar-refractivity contribution >= 4 is 29.0 Å². The van der Waals surface area contributed by atoms with E-state index in [0.717, 1.165) is 5.56 Å². The number of nitrogens with one attached hydrogen (secondary N) is 3. The number of aryl methyl sites for hydroxylation is 2. The summed E-state index contributed by atoms with van der Waals surface area (Å²) < 4.78 is 6.40. The maximum atomic E-state index is 12.8. The van der Waals surface area contributed by atoms with E-state index >= 15 is 0 Å². The number of carbonyl (C=O) groups excluding carboxylic acids is 2. The average Bonchev–Trinajstić information content (AvgIpc) is 2.74. The van der Waals surface area contributed by atoms with Gasteiger partial charge in [-0.25, -0.2) is 4.79 Å². The lowest BCUT2D eigenvalue weighted by Gasteiger charge is -2.13. The normalized spacial score (nSPS) is 10.3. The van der Waals surface area contributed by atoms with Crippen molar-refractivity contribution < 1.29 is 14.3 Å². The van der Waals surface area contributed by atoms with E-state index in [1.54, 1.807) is 50.4 Å². The van der Waals surface area contributed by atoms with E-state index in [1.165, 1.54) is 10.6 Å². The maximum absolute atomic E-state index is 12.8. The van der Waals surface area contributed by atoms with E-state index in [4.69, 9.17) is 4.74 Å². The minimum Gasteiger partial charge on any atom is -0.497 e. The van der Waals surface area contributed by atoms with E-state index in [0.29, 0.717) is 22.8 Å². The second-order valence-corrected chi connectivity index (χ2v) is 7.00. The number of aromatic nitrogens is 1. The van der Waals surface area contributed by atoms with E-state index in [-0.39, 0.29) is 18.1 Å². The first-order chi connectivity index (χ1) is 14.9. The van der Waals surface area contributed by atoms with Crippen LogP contribution in [0.3, 0.4) is 0 Å². The quantitative estimate of drug-likeness (QED) is 0.565. The van der Waals surface area contributed by atoms with Crippen molar-refractivity contribution in [3.8, 4) is 5.75 Å². The molecule has 2 aromatic carbocycles. The first-order valence-electron chi connectivity index (χ1n) is 9.65. The predicted octanol–water partition coefficient (Wildman–Crippen LogP) is 3.76. The molecule has 3 rings (SSSR count). The Bertz CT molecular complexity index is 1150. The number of benzene rings is 2. The highest BCUT2D eigenvalue weighted by molar-refractivity contribution is 5.99. The van der Waals surface area contributed by atoms with Gasteiger partial charge >= 0.3 is 6.03 Å². The van der Waals surface area contributed by atoms with Gasteiger partial charge in [0.05, 0.1) is 7.11 Å². The third-order valence-corrected chi connectivity index (χ3v) is 4.59. The van der Waals surface area contributed by atoms with Crippen molar-refractivity contribution in [1.82, 2.24) is 4.57 Å². The molecule has 8 heteroatoms. The van der Waals surface area contributed by atoms with Gasteiger partial charge in [0, 0.05) is 17.1 Å². The average molecular weight is 420 g/mol. The number of ether oxygens (including phenoxy) is 1. The molecule has 3 amide bonds. The van der Waals surface area contributed by atoms with Crippen LogP contribution < -0.4 is 26.2 Å². The Morgan fingerprint density at radius 1 is 0.903 bits per heavy atom. The molecule has 3 N–H and O–H groups in total. The van der Waals surface area contributed by atoms with Crippen molar-refractivity contribution in [2.75, 3.05) is 23.1 Å². The zero-order valence-corrected chi connectivity index (χ0v) is 17.6.